The Balaban J connectivity index is 0.00000220. The summed E-state index contributed by atoms with van der Waals surface area (Å²) in [6, 6.07) is 9.95. The molecule has 120 valence electrons. The third-order valence-electron chi connectivity index (χ3n) is 3.75. The zero-order valence-electron chi connectivity index (χ0n) is 13.3. The summed E-state index contributed by atoms with van der Waals surface area (Å²) in [7, 11) is 6.34. The van der Waals surface area contributed by atoms with E-state index in [1.165, 1.54) is 0 Å². The Morgan fingerprint density at radius 2 is 1.62 bits per heavy atom. The fourth-order valence-corrected chi connectivity index (χ4v) is 2.81. The van der Waals surface area contributed by atoms with Gasteiger partial charge in [-0.05, 0) is 6.92 Å². The molecule has 21 heavy (non-hydrogen) atoms. The Morgan fingerprint density at radius 1 is 1.10 bits per heavy atom. The molecular weight excluding hydrogens is 334 g/mol. The summed E-state index contributed by atoms with van der Waals surface area (Å²) in [5, 5.41) is 9.78. The normalized spacial score (nSPS) is 29.8. The zero-order chi connectivity index (χ0) is 14.9. The van der Waals surface area contributed by atoms with Crippen LogP contribution in [0.1, 0.15) is 12.5 Å². The van der Waals surface area contributed by atoms with Crippen molar-refractivity contribution in [1.29, 1.82) is 0 Å². The van der Waals surface area contributed by atoms with Crippen LogP contribution in [0.15, 0.2) is 30.3 Å². The van der Waals surface area contributed by atoms with Crippen LogP contribution in [0.4, 0.5) is 0 Å². The maximum atomic E-state index is 9.78. The summed E-state index contributed by atoms with van der Waals surface area (Å²) in [5.74, 6) is -0.717. The van der Waals surface area contributed by atoms with E-state index < -0.39 is 5.79 Å². The van der Waals surface area contributed by atoms with Gasteiger partial charge in [0, 0.05) is 5.56 Å². The molecule has 5 heteroatoms. The zero-order valence-corrected chi connectivity index (χ0v) is 14.9. The van der Waals surface area contributed by atoms with Gasteiger partial charge in [-0.2, -0.15) is 0 Å². The minimum atomic E-state index is -0.717. The van der Waals surface area contributed by atoms with E-state index in [1.54, 1.807) is 0 Å². The van der Waals surface area contributed by atoms with Crippen LogP contribution in [0.2, 0.25) is 0 Å². The molecule has 0 aromatic heterocycles. The third kappa shape index (κ3) is 4.50. The number of aliphatic hydroxyl groups excluding tert-OH is 1. The van der Waals surface area contributed by atoms with E-state index in [9.17, 15) is 5.11 Å². The SMILES string of the molecule is CC1(c2ccccc2)OCC(CO)(C[N+](C)(C)C)CO1.[Br-]. The summed E-state index contributed by atoms with van der Waals surface area (Å²) in [4.78, 5) is 0. The first-order valence-corrected chi connectivity index (χ1v) is 7.03. The fraction of sp³-hybridized carbons (Fsp3) is 0.625. The van der Waals surface area contributed by atoms with Crippen molar-refractivity contribution in [2.24, 2.45) is 5.41 Å². The van der Waals surface area contributed by atoms with Crippen LogP contribution in [0.3, 0.4) is 0 Å². The molecule has 0 bridgehead atoms. The maximum Gasteiger partial charge on any atom is 0.191 e. The van der Waals surface area contributed by atoms with E-state index in [1.807, 2.05) is 37.3 Å². The average Bonchev–Trinajstić information content (AvgIpc) is 2.41. The van der Waals surface area contributed by atoms with Crippen LogP contribution >= 0.6 is 0 Å². The highest BCUT2D eigenvalue weighted by Gasteiger charge is 2.45. The molecule has 1 aromatic carbocycles. The molecule has 2 rings (SSSR count). The largest absolute Gasteiger partial charge is 1.00 e. The van der Waals surface area contributed by atoms with E-state index in [0.29, 0.717) is 13.2 Å². The predicted molar refractivity (Wildman–Crippen MR) is 78.1 cm³/mol. The molecule has 1 N–H and O–H groups in total. The van der Waals surface area contributed by atoms with Gasteiger partial charge in [0.25, 0.3) is 0 Å². The van der Waals surface area contributed by atoms with Gasteiger partial charge in [-0.15, -0.1) is 0 Å². The number of hydrogen-bond donors (Lipinski definition) is 1. The van der Waals surface area contributed by atoms with Crippen molar-refractivity contribution in [3.8, 4) is 0 Å². The van der Waals surface area contributed by atoms with E-state index in [4.69, 9.17) is 9.47 Å². The summed E-state index contributed by atoms with van der Waals surface area (Å²) in [6.45, 7) is 3.84. The molecule has 0 amide bonds. The van der Waals surface area contributed by atoms with Crippen molar-refractivity contribution < 1.29 is 36.0 Å². The lowest BCUT2D eigenvalue weighted by molar-refractivity contribution is -0.878. The molecule has 1 aliphatic heterocycles. The van der Waals surface area contributed by atoms with Gasteiger partial charge in [-0.3, -0.25) is 0 Å². The summed E-state index contributed by atoms with van der Waals surface area (Å²) in [6.07, 6.45) is 0. The van der Waals surface area contributed by atoms with Crippen molar-refractivity contribution in [2.75, 3.05) is 47.5 Å². The number of nitrogens with zero attached hydrogens (tertiary/aromatic N) is 1. The molecule has 0 atom stereocenters. The van der Waals surface area contributed by atoms with E-state index in [0.717, 1.165) is 16.6 Å². The van der Waals surface area contributed by atoms with Gasteiger partial charge < -0.3 is 36.0 Å². The van der Waals surface area contributed by atoms with Crippen molar-refractivity contribution >= 4 is 0 Å². The van der Waals surface area contributed by atoms with Gasteiger partial charge in [-0.25, -0.2) is 0 Å². The van der Waals surface area contributed by atoms with Crippen molar-refractivity contribution in [2.45, 2.75) is 12.7 Å². The molecule has 1 aliphatic rings. The van der Waals surface area contributed by atoms with E-state index >= 15 is 0 Å². The number of quaternary nitrogens is 1. The van der Waals surface area contributed by atoms with Crippen molar-refractivity contribution in [3.05, 3.63) is 35.9 Å². The molecule has 1 saturated heterocycles. The Kier molecular flexibility index (Phi) is 5.98. The lowest BCUT2D eigenvalue weighted by Gasteiger charge is -2.46. The quantitative estimate of drug-likeness (QED) is 0.671. The minimum absolute atomic E-state index is 0. The van der Waals surface area contributed by atoms with Gasteiger partial charge in [0.05, 0.1) is 52.9 Å². The van der Waals surface area contributed by atoms with Gasteiger partial charge in [0.1, 0.15) is 0 Å². The van der Waals surface area contributed by atoms with Crippen LogP contribution < -0.4 is 17.0 Å². The smallest absolute Gasteiger partial charge is 0.191 e. The van der Waals surface area contributed by atoms with Crippen molar-refractivity contribution in [1.82, 2.24) is 0 Å². The number of hydrogen-bond acceptors (Lipinski definition) is 3. The van der Waals surface area contributed by atoms with Gasteiger partial charge in [0.2, 0.25) is 0 Å². The average molecular weight is 360 g/mol. The molecule has 0 spiro atoms. The second kappa shape index (κ2) is 6.75. The minimum Gasteiger partial charge on any atom is -1.00 e. The van der Waals surface area contributed by atoms with Gasteiger partial charge in [0.15, 0.2) is 5.79 Å². The Hall–Kier alpha value is -0.460. The molecule has 0 aliphatic carbocycles. The van der Waals surface area contributed by atoms with E-state index in [2.05, 4.69) is 21.1 Å². The first kappa shape index (κ1) is 18.6. The molecular formula is C16H26BrNO3. The Labute approximate surface area is 138 Å². The molecule has 1 fully saturated rings. The standard InChI is InChI=1S/C16H26NO3.BrH/c1-15(14-8-6-5-7-9-14)19-12-16(11-18,13-20-15)10-17(2,3)4;/h5-9,18H,10-13H2,1-4H3;1H/q+1;/p-1. The van der Waals surface area contributed by atoms with Gasteiger partial charge in [-0.1, -0.05) is 30.3 Å². The number of benzene rings is 1. The summed E-state index contributed by atoms with van der Waals surface area (Å²) < 4.78 is 12.8. The molecule has 4 nitrogen and oxygen atoms in total. The monoisotopic (exact) mass is 359 g/mol. The Morgan fingerprint density at radius 3 is 2.05 bits per heavy atom. The van der Waals surface area contributed by atoms with Crippen molar-refractivity contribution in [3.63, 3.8) is 0 Å². The number of aliphatic hydroxyl groups is 1. The fourth-order valence-electron chi connectivity index (χ4n) is 2.81. The molecule has 1 aromatic rings. The van der Waals surface area contributed by atoms with Crippen LogP contribution in [-0.2, 0) is 15.3 Å². The lowest BCUT2D eigenvalue weighted by Crippen LogP contribution is -3.00. The van der Waals surface area contributed by atoms with E-state index in [-0.39, 0.29) is 29.0 Å². The summed E-state index contributed by atoms with van der Waals surface area (Å²) in [5.41, 5.74) is 0.684. The highest BCUT2D eigenvalue weighted by molar-refractivity contribution is 5.20. The second-order valence-corrected chi connectivity index (χ2v) is 7.00. The molecule has 0 radical (unpaired) electrons. The van der Waals surface area contributed by atoms with Crippen LogP contribution in [0, 0.1) is 5.41 Å². The second-order valence-electron chi connectivity index (χ2n) is 7.00. The van der Waals surface area contributed by atoms with Crippen LogP contribution in [-0.4, -0.2) is 57.1 Å². The highest BCUT2D eigenvalue weighted by Crippen LogP contribution is 2.37. The molecule has 0 unspecified atom stereocenters. The summed E-state index contributed by atoms with van der Waals surface area (Å²) >= 11 is 0. The lowest BCUT2D eigenvalue weighted by atomic mass is 9.88. The predicted octanol–water partition coefficient (Wildman–Crippen LogP) is -1.40. The van der Waals surface area contributed by atoms with Crippen LogP contribution in [0.5, 0.6) is 0 Å². The number of ether oxygens (including phenoxy) is 2. The van der Waals surface area contributed by atoms with Crippen LogP contribution in [0.25, 0.3) is 0 Å². The topological polar surface area (TPSA) is 38.7 Å². The number of rotatable bonds is 4. The first-order valence-electron chi connectivity index (χ1n) is 7.03. The highest BCUT2D eigenvalue weighted by atomic mass is 79.9. The first-order chi connectivity index (χ1) is 9.29. The molecule has 1 heterocycles. The van der Waals surface area contributed by atoms with Gasteiger partial charge >= 0.3 is 0 Å². The third-order valence-corrected chi connectivity index (χ3v) is 3.75. The maximum absolute atomic E-state index is 9.78. The molecule has 0 saturated carbocycles. The Bertz CT molecular complexity index is 437. The number of halogens is 1.